The predicted molar refractivity (Wildman–Crippen MR) is 196 cm³/mol. The molecular weight excluding hydrogens is 555 g/mol. The molecule has 0 amide bonds. The van der Waals surface area contributed by atoms with Crippen LogP contribution in [0.3, 0.4) is 0 Å². The highest BCUT2D eigenvalue weighted by Crippen LogP contribution is 2.48. The zero-order valence-corrected chi connectivity index (χ0v) is 25.2. The van der Waals surface area contributed by atoms with Crippen LogP contribution in [0.2, 0.25) is 0 Å². The summed E-state index contributed by atoms with van der Waals surface area (Å²) >= 11 is 0. The number of aromatic nitrogens is 1. The molecule has 0 spiro atoms. The van der Waals surface area contributed by atoms with Gasteiger partial charge in [0.2, 0.25) is 0 Å². The summed E-state index contributed by atoms with van der Waals surface area (Å²) in [5.41, 5.74) is 10.6. The number of fused-ring (bicyclic) bond motifs is 4. The van der Waals surface area contributed by atoms with E-state index in [1.807, 2.05) is 6.20 Å². The maximum atomic E-state index is 5.17. The third-order valence-corrected chi connectivity index (χ3v) is 9.26. The van der Waals surface area contributed by atoms with Gasteiger partial charge in [0, 0.05) is 17.1 Å². The van der Waals surface area contributed by atoms with E-state index in [9.17, 15) is 0 Å². The molecule has 0 aliphatic heterocycles. The van der Waals surface area contributed by atoms with E-state index >= 15 is 0 Å². The fourth-order valence-corrected chi connectivity index (χ4v) is 7.17. The van der Waals surface area contributed by atoms with Gasteiger partial charge in [-0.25, -0.2) is 0 Å². The number of hydrogen-bond donors (Lipinski definition) is 0. The third-order valence-electron chi connectivity index (χ3n) is 9.26. The zero-order chi connectivity index (χ0) is 30.5. The fraction of sp³-hybridized carbons (Fsp3) is 0. The molecule has 0 unspecified atom stereocenters. The van der Waals surface area contributed by atoms with E-state index in [2.05, 4.69) is 170 Å². The van der Waals surface area contributed by atoms with Crippen LogP contribution in [-0.2, 0) is 0 Å². The minimum Gasteiger partial charge on any atom is -0.256 e. The molecular formula is C45H29N. The average molecular weight is 584 g/mol. The molecule has 0 aliphatic rings. The van der Waals surface area contributed by atoms with Crippen molar-refractivity contribution in [1.82, 2.24) is 4.98 Å². The lowest BCUT2D eigenvalue weighted by molar-refractivity contribution is 1.42. The summed E-state index contributed by atoms with van der Waals surface area (Å²) in [6.07, 6.45) is 1.94. The van der Waals surface area contributed by atoms with E-state index in [4.69, 9.17) is 4.98 Å². The van der Waals surface area contributed by atoms with Crippen molar-refractivity contribution in [3.63, 3.8) is 0 Å². The molecule has 0 N–H and O–H groups in total. The number of benzene rings is 8. The van der Waals surface area contributed by atoms with Crippen LogP contribution in [0.4, 0.5) is 0 Å². The van der Waals surface area contributed by atoms with Crippen molar-refractivity contribution >= 4 is 43.2 Å². The highest BCUT2D eigenvalue weighted by Gasteiger charge is 2.22. The van der Waals surface area contributed by atoms with Crippen LogP contribution in [0, 0.1) is 0 Å². The largest absolute Gasteiger partial charge is 0.256 e. The lowest BCUT2D eigenvalue weighted by atomic mass is 9.82. The molecule has 0 saturated carbocycles. The number of nitrogens with zero attached hydrogens (tertiary/aromatic N) is 1. The van der Waals surface area contributed by atoms with Crippen molar-refractivity contribution in [3.05, 3.63) is 176 Å². The first-order valence-corrected chi connectivity index (χ1v) is 15.8. The SMILES string of the molecule is c1ccc(-c2cc3ccccc3cc2-c2c3ccccc3c(-c3cc4ccccc4cc3-c3ccccc3)c3ncccc23)cc1. The first-order chi connectivity index (χ1) is 22.8. The Morgan fingerprint density at radius 2 is 0.696 bits per heavy atom. The molecule has 0 fully saturated rings. The fourth-order valence-electron chi connectivity index (χ4n) is 7.17. The number of pyridine rings is 1. The minimum absolute atomic E-state index is 1.01. The normalized spacial score (nSPS) is 11.5. The maximum absolute atomic E-state index is 5.17. The predicted octanol–water partition coefficient (Wildman–Crippen LogP) is 12.4. The van der Waals surface area contributed by atoms with Crippen LogP contribution in [0.25, 0.3) is 87.7 Å². The van der Waals surface area contributed by atoms with Crippen LogP contribution in [0.1, 0.15) is 0 Å². The van der Waals surface area contributed by atoms with E-state index in [1.54, 1.807) is 0 Å². The van der Waals surface area contributed by atoms with E-state index in [-0.39, 0.29) is 0 Å². The lowest BCUT2D eigenvalue weighted by Crippen LogP contribution is -1.96. The van der Waals surface area contributed by atoms with Crippen LogP contribution >= 0.6 is 0 Å². The lowest BCUT2D eigenvalue weighted by Gasteiger charge is -2.21. The topological polar surface area (TPSA) is 12.9 Å². The second-order valence-corrected chi connectivity index (χ2v) is 11.9. The molecule has 0 saturated heterocycles. The molecule has 0 aliphatic carbocycles. The third kappa shape index (κ3) is 4.29. The highest BCUT2D eigenvalue weighted by atomic mass is 14.7. The molecule has 46 heavy (non-hydrogen) atoms. The summed E-state index contributed by atoms with van der Waals surface area (Å²) in [5, 5.41) is 8.47. The molecule has 0 radical (unpaired) electrons. The Kier molecular flexibility index (Phi) is 6.21. The van der Waals surface area contributed by atoms with Crippen molar-refractivity contribution in [2.24, 2.45) is 0 Å². The van der Waals surface area contributed by atoms with Gasteiger partial charge >= 0.3 is 0 Å². The monoisotopic (exact) mass is 583 g/mol. The number of hydrogen-bond acceptors (Lipinski definition) is 1. The van der Waals surface area contributed by atoms with Crippen LogP contribution in [-0.4, -0.2) is 4.98 Å². The summed E-state index contributed by atoms with van der Waals surface area (Å²) in [7, 11) is 0. The van der Waals surface area contributed by atoms with E-state index in [1.165, 1.54) is 76.8 Å². The summed E-state index contributed by atoms with van der Waals surface area (Å²) in [5.74, 6) is 0. The van der Waals surface area contributed by atoms with Crippen LogP contribution in [0.5, 0.6) is 0 Å². The highest BCUT2D eigenvalue weighted by molar-refractivity contribution is 6.23. The average Bonchev–Trinajstić information content (AvgIpc) is 3.13. The Balaban J connectivity index is 1.45. The molecule has 0 atom stereocenters. The molecule has 1 heteroatoms. The molecule has 9 rings (SSSR count). The Morgan fingerprint density at radius 3 is 1.22 bits per heavy atom. The summed E-state index contributed by atoms with van der Waals surface area (Å²) in [6, 6.07) is 61.5. The van der Waals surface area contributed by atoms with Crippen molar-refractivity contribution in [1.29, 1.82) is 0 Å². The van der Waals surface area contributed by atoms with Gasteiger partial charge in [-0.2, -0.15) is 0 Å². The second-order valence-electron chi connectivity index (χ2n) is 11.9. The summed E-state index contributed by atoms with van der Waals surface area (Å²) in [4.78, 5) is 5.17. The van der Waals surface area contributed by atoms with Gasteiger partial charge < -0.3 is 0 Å². The standard InChI is InChI=1S/C45H29N/c1-3-14-30(15-4-1)39-26-32-18-7-9-20-34(32)28-41(39)43-36-22-11-12-23-37(36)44(45-38(43)24-13-25-46-45)42-29-35-21-10-8-19-33(35)27-40(42)31-16-5-2-6-17-31/h1-29H. The van der Waals surface area contributed by atoms with Crippen LogP contribution in [0.15, 0.2) is 176 Å². The minimum atomic E-state index is 1.01. The molecule has 8 aromatic carbocycles. The van der Waals surface area contributed by atoms with E-state index in [0.717, 1.165) is 10.9 Å². The van der Waals surface area contributed by atoms with Gasteiger partial charge in [0.05, 0.1) is 5.52 Å². The first-order valence-electron chi connectivity index (χ1n) is 15.8. The quantitative estimate of drug-likeness (QED) is 0.188. The van der Waals surface area contributed by atoms with Crippen molar-refractivity contribution < 1.29 is 0 Å². The van der Waals surface area contributed by atoms with Gasteiger partial charge in [0.1, 0.15) is 0 Å². The van der Waals surface area contributed by atoms with Gasteiger partial charge in [0.15, 0.2) is 0 Å². The Hall–Kier alpha value is -6.05. The Bertz CT molecular complexity index is 2330. The molecule has 214 valence electrons. The van der Waals surface area contributed by atoms with Crippen molar-refractivity contribution in [2.45, 2.75) is 0 Å². The molecule has 1 aromatic heterocycles. The van der Waals surface area contributed by atoms with Gasteiger partial charge in [-0.15, -0.1) is 0 Å². The van der Waals surface area contributed by atoms with Crippen LogP contribution < -0.4 is 0 Å². The van der Waals surface area contributed by atoms with Gasteiger partial charge in [-0.1, -0.05) is 140 Å². The van der Waals surface area contributed by atoms with E-state index in [0.29, 0.717) is 0 Å². The second kappa shape index (κ2) is 10.8. The summed E-state index contributed by atoms with van der Waals surface area (Å²) in [6.45, 7) is 0. The Morgan fingerprint density at radius 1 is 0.304 bits per heavy atom. The molecule has 0 bridgehead atoms. The van der Waals surface area contributed by atoms with Gasteiger partial charge in [-0.3, -0.25) is 4.98 Å². The smallest absolute Gasteiger partial charge is 0.0793 e. The maximum Gasteiger partial charge on any atom is 0.0793 e. The molecule has 1 nitrogen and oxygen atoms in total. The van der Waals surface area contributed by atoms with Crippen molar-refractivity contribution in [3.8, 4) is 44.5 Å². The summed E-state index contributed by atoms with van der Waals surface area (Å²) < 4.78 is 0. The zero-order valence-electron chi connectivity index (χ0n) is 25.2. The van der Waals surface area contributed by atoms with Crippen molar-refractivity contribution in [2.75, 3.05) is 0 Å². The first kappa shape index (κ1) is 26.4. The van der Waals surface area contributed by atoms with E-state index < -0.39 is 0 Å². The number of rotatable bonds is 4. The molecule has 1 heterocycles. The van der Waals surface area contributed by atoms with Gasteiger partial charge in [0.25, 0.3) is 0 Å². The molecule has 9 aromatic rings. The Labute approximate surface area is 268 Å². The van der Waals surface area contributed by atoms with Gasteiger partial charge in [-0.05, 0) is 102 Å².